The van der Waals surface area contributed by atoms with Gasteiger partial charge < -0.3 is 69.5 Å². The van der Waals surface area contributed by atoms with Crippen molar-refractivity contribution in [1.82, 2.24) is 25.8 Å². The Hall–Kier alpha value is -4.80. The SMILES string of the molecule is CC(C)(C)OC(=O)N[C@H](C(=O)N1CC2C([C@H]1C(=O)O)C2(C)C)C1CCCCC1.COC(=O)C(O)C(C)CC1COC1.COC(=O)C(O)C(CC1COC1)NC(=O)[C@@H]1C2C(CN1C(=O)[C@@H](NC(=O)OC(C)(C)C)C1CCCCC1)C2(C)C. The summed E-state index contributed by atoms with van der Waals surface area (Å²) in [7, 11) is 2.47. The van der Waals surface area contributed by atoms with Gasteiger partial charge in [0, 0.05) is 30.8 Å². The number of piperidine rings is 2. The van der Waals surface area contributed by atoms with Crippen molar-refractivity contribution < 1.29 is 82.1 Å². The third kappa shape index (κ3) is 16.3. The molecule has 5 amide bonds. The van der Waals surface area contributed by atoms with Gasteiger partial charge in [-0.25, -0.2) is 24.0 Å². The normalized spacial score (nSPS) is 28.0. The number of carboxylic acid groups (broad SMARTS) is 1. The topological polar surface area (TPSA) is 295 Å². The Morgan fingerprint density at radius 3 is 1.33 bits per heavy atom. The second-order valence-corrected chi connectivity index (χ2v) is 27.5. The van der Waals surface area contributed by atoms with Crippen molar-refractivity contribution in [2.45, 2.75) is 207 Å². The fourth-order valence-electron chi connectivity index (χ4n) is 13.6. The predicted molar refractivity (Wildman–Crippen MR) is 295 cm³/mol. The number of carbonyl (C=O) groups is 8. The van der Waals surface area contributed by atoms with E-state index in [-0.39, 0.29) is 70.0 Å². The van der Waals surface area contributed by atoms with E-state index in [1.54, 1.807) is 46.4 Å². The molecule has 22 heteroatoms. The Labute approximate surface area is 478 Å². The van der Waals surface area contributed by atoms with Crippen molar-refractivity contribution >= 4 is 47.8 Å². The Balaban J connectivity index is 0.000000222. The number of ether oxygens (including phenoxy) is 6. The molecule has 0 aromatic rings. The van der Waals surface area contributed by atoms with Crippen molar-refractivity contribution in [1.29, 1.82) is 0 Å². The van der Waals surface area contributed by atoms with Crippen molar-refractivity contribution in [3.63, 3.8) is 0 Å². The molecule has 12 atom stereocenters. The number of carbonyl (C=O) groups excluding carboxylic acids is 7. The molecule has 8 unspecified atom stereocenters. The summed E-state index contributed by atoms with van der Waals surface area (Å²) in [6, 6.07) is -3.98. The smallest absolute Gasteiger partial charge is 0.408 e. The first kappa shape index (κ1) is 65.4. The molecule has 460 valence electrons. The average molecular weight is 1150 g/mol. The molecular formula is C59H97N5O17. The molecule has 0 aromatic carbocycles. The molecule has 0 aromatic heterocycles. The van der Waals surface area contributed by atoms with E-state index >= 15 is 0 Å². The maximum absolute atomic E-state index is 14.2. The lowest BCUT2D eigenvalue weighted by Gasteiger charge is -2.38. The number of alkyl carbamates (subject to hydrolysis) is 2. The third-order valence-corrected chi connectivity index (χ3v) is 18.5. The number of rotatable bonds is 17. The third-order valence-electron chi connectivity index (χ3n) is 18.5. The first-order chi connectivity index (χ1) is 37.8. The number of aliphatic carboxylic acids is 1. The molecular weight excluding hydrogens is 1050 g/mol. The summed E-state index contributed by atoms with van der Waals surface area (Å²) in [6.07, 6.45) is 6.92. The lowest BCUT2D eigenvalue weighted by molar-refractivity contribution is -0.155. The summed E-state index contributed by atoms with van der Waals surface area (Å²) >= 11 is 0. The molecule has 22 nitrogen and oxygen atoms in total. The number of amides is 5. The molecule has 8 fully saturated rings. The second-order valence-electron chi connectivity index (χ2n) is 27.5. The van der Waals surface area contributed by atoms with E-state index in [1.807, 2.05) is 6.92 Å². The number of methoxy groups -OCH3 is 2. The van der Waals surface area contributed by atoms with Crippen LogP contribution >= 0.6 is 0 Å². The largest absolute Gasteiger partial charge is 0.480 e. The lowest BCUT2D eigenvalue weighted by Crippen LogP contribution is -2.60. The first-order valence-electron chi connectivity index (χ1n) is 29.6. The minimum absolute atomic E-state index is 0.0116. The zero-order valence-corrected chi connectivity index (χ0v) is 50.4. The fraction of sp³-hybridized carbons (Fsp3) is 0.864. The van der Waals surface area contributed by atoms with Gasteiger partial charge in [0.25, 0.3) is 0 Å². The van der Waals surface area contributed by atoms with Crippen LogP contribution < -0.4 is 16.0 Å². The predicted octanol–water partition coefficient (Wildman–Crippen LogP) is 5.22. The van der Waals surface area contributed by atoms with Crippen LogP contribution in [0.2, 0.25) is 0 Å². The molecule has 0 radical (unpaired) electrons. The summed E-state index contributed by atoms with van der Waals surface area (Å²) in [6.45, 7) is 24.2. The van der Waals surface area contributed by atoms with Gasteiger partial charge in [-0.05, 0) is 126 Å². The molecule has 8 rings (SSSR count). The molecule has 6 N–H and O–H groups in total. The van der Waals surface area contributed by atoms with Gasteiger partial charge in [0.2, 0.25) is 17.7 Å². The summed E-state index contributed by atoms with van der Waals surface area (Å²) in [4.78, 5) is 105. The van der Waals surface area contributed by atoms with E-state index in [9.17, 15) is 53.7 Å². The highest BCUT2D eigenvalue weighted by Gasteiger charge is 2.71. The van der Waals surface area contributed by atoms with Gasteiger partial charge in [-0.2, -0.15) is 0 Å². The lowest BCUT2D eigenvalue weighted by atomic mass is 9.83. The minimum Gasteiger partial charge on any atom is -0.480 e. The molecule has 81 heavy (non-hydrogen) atoms. The van der Waals surface area contributed by atoms with Crippen molar-refractivity contribution in [2.24, 2.45) is 64.1 Å². The number of fused-ring (bicyclic) bond motifs is 2. The van der Waals surface area contributed by atoms with Crippen LogP contribution in [0.4, 0.5) is 9.59 Å². The Morgan fingerprint density at radius 2 is 0.963 bits per heavy atom. The van der Waals surface area contributed by atoms with Gasteiger partial charge in [-0.1, -0.05) is 73.1 Å². The first-order valence-corrected chi connectivity index (χ1v) is 29.6. The number of esters is 2. The maximum atomic E-state index is 14.2. The molecule has 4 aliphatic heterocycles. The average Bonchev–Trinajstić information content (AvgIpc) is 3.86. The standard InChI is InChI=1S/C29H47N3O8.C21H34N2O5.C9H16O4/c1-28(2,3)40-27(37)31-21(17-10-8-7-9-11-17)25(35)32-13-18-20(29(18,4)5)22(32)24(34)30-19(12-16-14-39-15-16)23(33)26(36)38-6;1-20(2,3)28-19(27)22-15(12-9-7-6-8-10-12)17(24)23-11-13-14(21(13,4)5)16(23)18(25)26;1-6(3-7-4-13-5-7)8(10)9(11)12-2/h16-23,33H,7-15H2,1-6H3,(H,30,34)(H,31,37);12-16H,6-11H2,1-5H3,(H,22,27)(H,25,26);6-8,10H,3-5H2,1-2H3/t18?,19?,20?,21-,22-,23?;13?,14?,15-,16-;/m00./s1. The zero-order chi connectivity index (χ0) is 60.1. The summed E-state index contributed by atoms with van der Waals surface area (Å²) in [5.74, 6) is -2.48. The monoisotopic (exact) mass is 1150 g/mol. The van der Waals surface area contributed by atoms with Gasteiger partial charge in [-0.3, -0.25) is 14.4 Å². The van der Waals surface area contributed by atoms with E-state index in [1.165, 1.54) is 19.1 Å². The van der Waals surface area contributed by atoms with Crippen molar-refractivity contribution in [3.05, 3.63) is 0 Å². The van der Waals surface area contributed by atoms with Gasteiger partial charge in [0.15, 0.2) is 12.2 Å². The summed E-state index contributed by atoms with van der Waals surface area (Å²) < 4.78 is 30.3. The quantitative estimate of drug-likeness (QED) is 0.0804. The van der Waals surface area contributed by atoms with Crippen LogP contribution in [-0.4, -0.2) is 180 Å². The number of hydrogen-bond acceptors (Lipinski definition) is 16. The number of likely N-dealkylation sites (tertiary alicyclic amines) is 2. The molecule has 0 bridgehead atoms. The summed E-state index contributed by atoms with van der Waals surface area (Å²) in [5, 5.41) is 38.4. The van der Waals surface area contributed by atoms with Crippen molar-refractivity contribution in [3.8, 4) is 0 Å². The Bertz CT molecular complexity index is 2230. The number of carboxylic acids is 1. The Morgan fingerprint density at radius 1 is 0.580 bits per heavy atom. The van der Waals surface area contributed by atoms with Crippen LogP contribution in [0.25, 0.3) is 0 Å². The van der Waals surface area contributed by atoms with Crippen LogP contribution in [0.3, 0.4) is 0 Å². The van der Waals surface area contributed by atoms with Crippen LogP contribution in [0.1, 0.15) is 153 Å². The molecule has 0 spiro atoms. The van der Waals surface area contributed by atoms with E-state index in [0.29, 0.717) is 38.6 Å². The number of nitrogens with zero attached hydrogens (tertiary/aromatic N) is 2. The van der Waals surface area contributed by atoms with Gasteiger partial charge in [0.1, 0.15) is 35.4 Å². The van der Waals surface area contributed by atoms with Gasteiger partial charge in [0.05, 0.1) is 46.7 Å². The minimum atomic E-state index is -1.54. The number of nitrogens with one attached hydrogen (secondary N) is 3. The highest BCUT2D eigenvalue weighted by atomic mass is 16.6. The van der Waals surface area contributed by atoms with Gasteiger partial charge >= 0.3 is 30.1 Å². The highest BCUT2D eigenvalue weighted by molar-refractivity contribution is 5.94. The fourth-order valence-corrected chi connectivity index (χ4v) is 13.6. The van der Waals surface area contributed by atoms with Crippen LogP contribution in [0.5, 0.6) is 0 Å². The molecule has 4 saturated carbocycles. The number of aliphatic hydroxyl groups is 2. The summed E-state index contributed by atoms with van der Waals surface area (Å²) in [5.41, 5.74) is -1.55. The molecule has 4 heterocycles. The number of hydrogen-bond donors (Lipinski definition) is 6. The van der Waals surface area contributed by atoms with Crippen LogP contribution in [0.15, 0.2) is 0 Å². The Kier molecular flexibility index (Phi) is 21.7. The van der Waals surface area contributed by atoms with E-state index in [4.69, 9.17) is 23.7 Å². The van der Waals surface area contributed by atoms with E-state index in [0.717, 1.165) is 83.8 Å². The number of aliphatic hydroxyl groups excluding tert-OH is 2. The van der Waals surface area contributed by atoms with Crippen molar-refractivity contribution in [2.75, 3.05) is 53.7 Å². The maximum Gasteiger partial charge on any atom is 0.408 e. The van der Waals surface area contributed by atoms with Crippen LogP contribution in [-0.2, 0) is 57.2 Å². The zero-order valence-electron chi connectivity index (χ0n) is 50.4. The van der Waals surface area contributed by atoms with Gasteiger partial charge in [-0.15, -0.1) is 0 Å². The van der Waals surface area contributed by atoms with Crippen LogP contribution in [0, 0.1) is 64.1 Å². The van der Waals surface area contributed by atoms with E-state index < -0.39 is 89.6 Å². The molecule has 4 aliphatic carbocycles. The van der Waals surface area contributed by atoms with E-state index in [2.05, 4.69) is 48.4 Å². The highest BCUT2D eigenvalue weighted by Crippen LogP contribution is 2.66. The molecule has 8 aliphatic rings. The molecule has 4 saturated heterocycles. The second kappa shape index (κ2) is 26.8.